The van der Waals surface area contributed by atoms with Gasteiger partial charge in [-0.3, -0.25) is 4.79 Å². The van der Waals surface area contributed by atoms with Crippen LogP contribution in [-0.4, -0.2) is 31.6 Å². The van der Waals surface area contributed by atoms with E-state index in [4.69, 9.17) is 4.74 Å². The van der Waals surface area contributed by atoms with Gasteiger partial charge < -0.3 is 15.4 Å². The summed E-state index contributed by atoms with van der Waals surface area (Å²) in [6, 6.07) is 7.98. The lowest BCUT2D eigenvalue weighted by atomic mass is 9.85. The number of benzene rings is 1. The molecule has 2 N–H and O–H groups in total. The molecule has 1 aliphatic rings. The zero-order valence-corrected chi connectivity index (χ0v) is 14.6. The molecule has 0 bridgehead atoms. The van der Waals surface area contributed by atoms with Gasteiger partial charge in [-0.25, -0.2) is 0 Å². The number of hydrogen-bond acceptors (Lipinski definition) is 3. The molecule has 128 valence electrons. The number of carbonyl (C=O) groups excluding carboxylic acids is 1. The number of rotatable bonds is 7. The van der Waals surface area contributed by atoms with E-state index in [0.29, 0.717) is 24.8 Å². The van der Waals surface area contributed by atoms with E-state index in [1.54, 1.807) is 0 Å². The van der Waals surface area contributed by atoms with E-state index in [1.165, 1.54) is 18.4 Å². The maximum absolute atomic E-state index is 12.1. The van der Waals surface area contributed by atoms with Gasteiger partial charge in [-0.1, -0.05) is 19.1 Å². The number of ether oxygens (including phenoxy) is 1. The molecule has 0 spiro atoms. The number of piperidine rings is 1. The Hall–Kier alpha value is -1.55. The molecule has 0 radical (unpaired) electrons. The molecule has 2 rings (SSSR count). The van der Waals surface area contributed by atoms with E-state index in [-0.39, 0.29) is 12.0 Å². The summed E-state index contributed by atoms with van der Waals surface area (Å²) in [5.41, 5.74) is 1.17. The minimum Gasteiger partial charge on any atom is -0.489 e. The average molecular weight is 318 g/mol. The summed E-state index contributed by atoms with van der Waals surface area (Å²) in [5, 5.41) is 6.42. The Labute approximate surface area is 140 Å². The first-order valence-electron chi connectivity index (χ1n) is 8.75. The van der Waals surface area contributed by atoms with Crippen LogP contribution in [0.25, 0.3) is 0 Å². The molecule has 1 aromatic rings. The van der Waals surface area contributed by atoms with E-state index in [2.05, 4.69) is 17.6 Å². The number of amides is 1. The molecule has 3 atom stereocenters. The molecule has 0 saturated carbocycles. The molecule has 1 aliphatic heterocycles. The molecular formula is C19H30N2O2. The van der Waals surface area contributed by atoms with E-state index < -0.39 is 0 Å². The quantitative estimate of drug-likeness (QED) is 0.813. The van der Waals surface area contributed by atoms with Crippen molar-refractivity contribution in [3.63, 3.8) is 0 Å². The van der Waals surface area contributed by atoms with Crippen LogP contribution in [0.3, 0.4) is 0 Å². The topological polar surface area (TPSA) is 50.4 Å². The molecule has 0 aromatic heterocycles. The second-order valence-electron chi connectivity index (χ2n) is 6.84. The van der Waals surface area contributed by atoms with E-state index >= 15 is 0 Å². The monoisotopic (exact) mass is 318 g/mol. The van der Waals surface area contributed by atoms with Crippen molar-refractivity contribution in [2.75, 3.05) is 19.6 Å². The van der Waals surface area contributed by atoms with Crippen LogP contribution in [0.5, 0.6) is 5.75 Å². The zero-order chi connectivity index (χ0) is 16.7. The molecule has 1 heterocycles. The summed E-state index contributed by atoms with van der Waals surface area (Å²) in [6.07, 6.45) is 3.02. The Morgan fingerprint density at radius 3 is 2.96 bits per heavy atom. The van der Waals surface area contributed by atoms with E-state index in [9.17, 15) is 4.79 Å². The lowest BCUT2D eigenvalue weighted by Gasteiger charge is -2.28. The summed E-state index contributed by atoms with van der Waals surface area (Å²) in [6.45, 7) is 8.91. The first-order chi connectivity index (χ1) is 11.0. The van der Waals surface area contributed by atoms with E-state index in [0.717, 1.165) is 18.8 Å². The molecular weight excluding hydrogens is 288 g/mol. The van der Waals surface area contributed by atoms with Crippen LogP contribution < -0.4 is 15.4 Å². The van der Waals surface area contributed by atoms with Crippen molar-refractivity contribution in [1.29, 1.82) is 0 Å². The Morgan fingerprint density at radius 1 is 1.43 bits per heavy atom. The maximum atomic E-state index is 12.1. The third-order valence-corrected chi connectivity index (χ3v) is 4.56. The van der Waals surface area contributed by atoms with Crippen LogP contribution in [-0.2, 0) is 4.79 Å². The fourth-order valence-electron chi connectivity index (χ4n) is 3.12. The van der Waals surface area contributed by atoms with Gasteiger partial charge in [0.2, 0.25) is 5.91 Å². The maximum Gasteiger partial charge on any atom is 0.220 e. The minimum absolute atomic E-state index is 0.0348. The molecule has 3 unspecified atom stereocenters. The van der Waals surface area contributed by atoms with Crippen molar-refractivity contribution in [3.8, 4) is 5.75 Å². The van der Waals surface area contributed by atoms with Crippen molar-refractivity contribution < 1.29 is 9.53 Å². The van der Waals surface area contributed by atoms with Crippen LogP contribution in [0.4, 0.5) is 0 Å². The molecule has 1 amide bonds. The highest BCUT2D eigenvalue weighted by Gasteiger charge is 2.22. The highest BCUT2D eigenvalue weighted by Crippen LogP contribution is 2.22. The molecule has 4 nitrogen and oxygen atoms in total. The van der Waals surface area contributed by atoms with Gasteiger partial charge in [-0.15, -0.1) is 0 Å². The number of aryl methyl sites for hydroxylation is 1. The van der Waals surface area contributed by atoms with Crippen LogP contribution >= 0.6 is 0 Å². The number of hydrogen-bond donors (Lipinski definition) is 2. The van der Waals surface area contributed by atoms with Gasteiger partial charge >= 0.3 is 0 Å². The Morgan fingerprint density at radius 2 is 2.26 bits per heavy atom. The van der Waals surface area contributed by atoms with Crippen LogP contribution in [0.1, 0.15) is 38.7 Å². The highest BCUT2D eigenvalue weighted by molar-refractivity contribution is 5.76. The minimum atomic E-state index is -0.0348. The molecule has 23 heavy (non-hydrogen) atoms. The van der Waals surface area contributed by atoms with Gasteiger partial charge in [0.1, 0.15) is 11.9 Å². The summed E-state index contributed by atoms with van der Waals surface area (Å²) >= 11 is 0. The summed E-state index contributed by atoms with van der Waals surface area (Å²) in [4.78, 5) is 12.1. The average Bonchev–Trinajstić information content (AvgIpc) is 2.54. The second kappa shape index (κ2) is 8.92. The lowest BCUT2D eigenvalue weighted by Crippen LogP contribution is -2.37. The third-order valence-electron chi connectivity index (χ3n) is 4.56. The van der Waals surface area contributed by atoms with Gasteiger partial charge in [0.15, 0.2) is 0 Å². The smallest absolute Gasteiger partial charge is 0.220 e. The zero-order valence-electron chi connectivity index (χ0n) is 14.6. The molecule has 4 heteroatoms. The van der Waals surface area contributed by atoms with Crippen molar-refractivity contribution in [2.45, 2.75) is 46.1 Å². The Kier molecular flexibility index (Phi) is 6.90. The number of carbonyl (C=O) groups is 1. The van der Waals surface area contributed by atoms with Gasteiger partial charge in [0, 0.05) is 6.42 Å². The SMILES string of the molecule is Cc1cccc(OC(C)CNC(=O)CC(C)C2CCCNC2)c1. The fourth-order valence-corrected chi connectivity index (χ4v) is 3.12. The normalized spacial score (nSPS) is 20.6. The van der Waals surface area contributed by atoms with Crippen molar-refractivity contribution >= 4 is 5.91 Å². The molecule has 1 fully saturated rings. The van der Waals surface area contributed by atoms with Crippen LogP contribution in [0.2, 0.25) is 0 Å². The van der Waals surface area contributed by atoms with Gasteiger partial charge in [0.25, 0.3) is 0 Å². The van der Waals surface area contributed by atoms with Crippen molar-refractivity contribution in [1.82, 2.24) is 10.6 Å². The fraction of sp³-hybridized carbons (Fsp3) is 0.632. The predicted octanol–water partition coefficient (Wildman–Crippen LogP) is 2.90. The standard InChI is InChI=1S/C19H30N2O2/c1-14-6-4-8-18(10-14)23-16(3)12-21-19(22)11-15(2)17-7-5-9-20-13-17/h4,6,8,10,15-17,20H,5,7,9,11-13H2,1-3H3,(H,21,22). The van der Waals surface area contributed by atoms with Gasteiger partial charge in [-0.2, -0.15) is 0 Å². The summed E-state index contributed by atoms with van der Waals surface area (Å²) < 4.78 is 5.84. The van der Waals surface area contributed by atoms with Crippen molar-refractivity contribution in [2.24, 2.45) is 11.8 Å². The van der Waals surface area contributed by atoms with Crippen LogP contribution in [0, 0.1) is 18.8 Å². The van der Waals surface area contributed by atoms with Gasteiger partial charge in [0.05, 0.1) is 6.54 Å². The predicted molar refractivity (Wildman–Crippen MR) is 93.7 cm³/mol. The second-order valence-corrected chi connectivity index (χ2v) is 6.84. The third kappa shape index (κ3) is 6.22. The lowest BCUT2D eigenvalue weighted by molar-refractivity contribution is -0.122. The summed E-state index contributed by atoms with van der Waals surface area (Å²) in [7, 11) is 0. The molecule has 0 aliphatic carbocycles. The van der Waals surface area contributed by atoms with Crippen molar-refractivity contribution in [3.05, 3.63) is 29.8 Å². The highest BCUT2D eigenvalue weighted by atomic mass is 16.5. The van der Waals surface area contributed by atoms with E-state index in [1.807, 2.05) is 38.1 Å². The van der Waals surface area contributed by atoms with Crippen LogP contribution in [0.15, 0.2) is 24.3 Å². The summed E-state index contributed by atoms with van der Waals surface area (Å²) in [5.74, 6) is 2.03. The first kappa shape index (κ1) is 17.8. The number of nitrogens with one attached hydrogen (secondary N) is 2. The Bertz CT molecular complexity index is 498. The van der Waals surface area contributed by atoms with Gasteiger partial charge in [-0.05, 0) is 69.3 Å². The first-order valence-corrected chi connectivity index (χ1v) is 8.75. The largest absolute Gasteiger partial charge is 0.489 e. The molecule has 1 aromatic carbocycles. The Balaban J connectivity index is 1.68. The molecule has 1 saturated heterocycles.